The van der Waals surface area contributed by atoms with Gasteiger partial charge in [0.05, 0.1) is 11.8 Å². The molecule has 1 aromatic rings. The minimum atomic E-state index is 0.235. The molecule has 1 aliphatic rings. The molecule has 88 valence electrons. The van der Waals surface area contributed by atoms with Gasteiger partial charge in [-0.3, -0.25) is 9.97 Å². The Bertz CT molecular complexity index is 298. The molecule has 16 heavy (non-hydrogen) atoms. The van der Waals surface area contributed by atoms with Crippen LogP contribution >= 0.6 is 0 Å². The molecule has 0 spiro atoms. The maximum atomic E-state index is 5.67. The van der Waals surface area contributed by atoms with Crippen molar-refractivity contribution in [3.05, 3.63) is 24.3 Å². The molecule has 1 fully saturated rings. The molecule has 4 nitrogen and oxygen atoms in total. The second-order valence-electron chi connectivity index (χ2n) is 4.25. The molecule has 2 unspecified atom stereocenters. The quantitative estimate of drug-likeness (QED) is 0.840. The number of rotatable bonds is 4. The first kappa shape index (κ1) is 11.5. The minimum Gasteiger partial charge on any atom is -0.377 e. The summed E-state index contributed by atoms with van der Waals surface area (Å²) < 4.78 is 5.67. The van der Waals surface area contributed by atoms with Gasteiger partial charge in [0.1, 0.15) is 0 Å². The van der Waals surface area contributed by atoms with E-state index in [1.54, 1.807) is 18.6 Å². The Hall–Kier alpha value is -1.00. The van der Waals surface area contributed by atoms with Gasteiger partial charge in [-0.05, 0) is 26.2 Å². The van der Waals surface area contributed by atoms with Crippen LogP contribution in [0.4, 0.5) is 0 Å². The maximum Gasteiger partial charge on any atom is 0.0753 e. The van der Waals surface area contributed by atoms with Crippen molar-refractivity contribution < 1.29 is 4.74 Å². The molecule has 0 saturated carbocycles. The molecule has 1 aliphatic heterocycles. The van der Waals surface area contributed by atoms with Crippen LogP contribution in [0.2, 0.25) is 0 Å². The maximum absolute atomic E-state index is 5.67. The third-order valence-corrected chi connectivity index (χ3v) is 2.95. The normalized spacial score (nSPS) is 22.9. The zero-order chi connectivity index (χ0) is 11.2. The van der Waals surface area contributed by atoms with Crippen molar-refractivity contribution in [1.29, 1.82) is 0 Å². The molecule has 2 heterocycles. The van der Waals surface area contributed by atoms with E-state index < -0.39 is 0 Å². The fraction of sp³-hybridized carbons (Fsp3) is 0.667. The molecule has 1 N–H and O–H groups in total. The summed E-state index contributed by atoms with van der Waals surface area (Å²) >= 11 is 0. The van der Waals surface area contributed by atoms with E-state index in [9.17, 15) is 0 Å². The van der Waals surface area contributed by atoms with Crippen molar-refractivity contribution in [3.8, 4) is 0 Å². The van der Waals surface area contributed by atoms with Gasteiger partial charge in [0.25, 0.3) is 0 Å². The first-order chi connectivity index (χ1) is 7.86. The van der Waals surface area contributed by atoms with E-state index in [0.29, 0.717) is 6.10 Å². The monoisotopic (exact) mass is 221 g/mol. The predicted molar refractivity (Wildman–Crippen MR) is 62.0 cm³/mol. The van der Waals surface area contributed by atoms with Gasteiger partial charge >= 0.3 is 0 Å². The van der Waals surface area contributed by atoms with Crippen molar-refractivity contribution in [2.24, 2.45) is 0 Å². The Labute approximate surface area is 96.4 Å². The zero-order valence-electron chi connectivity index (χ0n) is 9.72. The number of ether oxygens (including phenoxy) is 1. The molecule has 4 heteroatoms. The van der Waals surface area contributed by atoms with Crippen molar-refractivity contribution in [2.75, 3.05) is 13.2 Å². The van der Waals surface area contributed by atoms with Gasteiger partial charge in [0, 0.05) is 37.8 Å². The first-order valence-corrected chi connectivity index (χ1v) is 5.97. The van der Waals surface area contributed by atoms with Crippen LogP contribution in [0.15, 0.2) is 18.6 Å². The molecule has 0 aromatic carbocycles. The van der Waals surface area contributed by atoms with E-state index in [1.165, 1.54) is 19.3 Å². The predicted octanol–water partition coefficient (Wildman–Crippen LogP) is 1.70. The molecule has 0 amide bonds. The Morgan fingerprint density at radius 3 is 3.12 bits per heavy atom. The van der Waals surface area contributed by atoms with Gasteiger partial charge in [-0.25, -0.2) is 0 Å². The van der Waals surface area contributed by atoms with E-state index in [2.05, 4.69) is 22.2 Å². The van der Waals surface area contributed by atoms with E-state index in [-0.39, 0.29) is 6.04 Å². The fourth-order valence-corrected chi connectivity index (χ4v) is 1.92. The lowest BCUT2D eigenvalue weighted by Crippen LogP contribution is -2.33. The lowest BCUT2D eigenvalue weighted by molar-refractivity contribution is 0.0155. The number of nitrogens with one attached hydrogen (secondary N) is 1. The molecule has 2 atom stereocenters. The van der Waals surface area contributed by atoms with Crippen molar-refractivity contribution in [3.63, 3.8) is 0 Å². The van der Waals surface area contributed by atoms with Gasteiger partial charge < -0.3 is 10.1 Å². The molecule has 1 aromatic heterocycles. The van der Waals surface area contributed by atoms with Gasteiger partial charge in [0.15, 0.2) is 0 Å². The molecule has 2 rings (SSSR count). The van der Waals surface area contributed by atoms with Crippen LogP contribution in [-0.2, 0) is 4.74 Å². The largest absolute Gasteiger partial charge is 0.377 e. The lowest BCUT2D eigenvalue weighted by Gasteiger charge is -2.24. The standard InChI is InChI=1S/C12H19N3O/c1-10(12-9-13-5-6-14-12)15-8-11-4-2-3-7-16-11/h5-6,9-11,15H,2-4,7-8H2,1H3. The van der Waals surface area contributed by atoms with Crippen LogP contribution in [-0.4, -0.2) is 29.2 Å². The Morgan fingerprint density at radius 1 is 1.50 bits per heavy atom. The van der Waals surface area contributed by atoms with Crippen LogP contribution in [0.25, 0.3) is 0 Å². The highest BCUT2D eigenvalue weighted by Gasteiger charge is 2.15. The highest BCUT2D eigenvalue weighted by atomic mass is 16.5. The summed E-state index contributed by atoms with van der Waals surface area (Å²) in [7, 11) is 0. The second-order valence-corrected chi connectivity index (χ2v) is 4.25. The molecular formula is C12H19N3O. The number of nitrogens with zero attached hydrogens (tertiary/aromatic N) is 2. The van der Waals surface area contributed by atoms with Gasteiger partial charge in [-0.2, -0.15) is 0 Å². The zero-order valence-corrected chi connectivity index (χ0v) is 9.72. The topological polar surface area (TPSA) is 47.0 Å². The minimum absolute atomic E-state index is 0.235. The van der Waals surface area contributed by atoms with Crippen LogP contribution in [0.3, 0.4) is 0 Å². The number of hydrogen-bond acceptors (Lipinski definition) is 4. The third-order valence-electron chi connectivity index (χ3n) is 2.95. The number of aromatic nitrogens is 2. The highest BCUT2D eigenvalue weighted by Crippen LogP contribution is 2.13. The van der Waals surface area contributed by atoms with Crippen LogP contribution in [0, 0.1) is 0 Å². The van der Waals surface area contributed by atoms with E-state index in [1.807, 2.05) is 0 Å². The van der Waals surface area contributed by atoms with E-state index in [0.717, 1.165) is 18.8 Å². The Balaban J connectivity index is 1.77. The van der Waals surface area contributed by atoms with Crippen LogP contribution in [0.1, 0.15) is 37.9 Å². The van der Waals surface area contributed by atoms with Crippen LogP contribution < -0.4 is 5.32 Å². The molecule has 0 aliphatic carbocycles. The Morgan fingerprint density at radius 2 is 2.44 bits per heavy atom. The molecular weight excluding hydrogens is 202 g/mol. The average molecular weight is 221 g/mol. The third kappa shape index (κ3) is 3.25. The molecule has 1 saturated heterocycles. The Kier molecular flexibility index (Phi) is 4.25. The molecule has 0 bridgehead atoms. The number of hydrogen-bond donors (Lipinski definition) is 1. The lowest BCUT2D eigenvalue weighted by atomic mass is 10.1. The van der Waals surface area contributed by atoms with Crippen molar-refractivity contribution >= 4 is 0 Å². The summed E-state index contributed by atoms with van der Waals surface area (Å²) in [6, 6.07) is 0.235. The average Bonchev–Trinajstić information content (AvgIpc) is 2.38. The van der Waals surface area contributed by atoms with E-state index in [4.69, 9.17) is 4.74 Å². The van der Waals surface area contributed by atoms with E-state index >= 15 is 0 Å². The second kappa shape index (κ2) is 5.92. The van der Waals surface area contributed by atoms with Crippen LogP contribution in [0.5, 0.6) is 0 Å². The van der Waals surface area contributed by atoms with Crippen molar-refractivity contribution in [1.82, 2.24) is 15.3 Å². The summed E-state index contributed by atoms with van der Waals surface area (Å²) in [5.74, 6) is 0. The van der Waals surface area contributed by atoms with Gasteiger partial charge in [0.2, 0.25) is 0 Å². The van der Waals surface area contributed by atoms with Gasteiger partial charge in [-0.15, -0.1) is 0 Å². The fourth-order valence-electron chi connectivity index (χ4n) is 1.92. The summed E-state index contributed by atoms with van der Waals surface area (Å²) in [6.07, 6.45) is 9.25. The van der Waals surface area contributed by atoms with Gasteiger partial charge in [-0.1, -0.05) is 0 Å². The summed E-state index contributed by atoms with van der Waals surface area (Å²) in [5.41, 5.74) is 0.985. The summed E-state index contributed by atoms with van der Waals surface area (Å²) in [5, 5.41) is 3.44. The van der Waals surface area contributed by atoms with Crippen molar-refractivity contribution in [2.45, 2.75) is 38.3 Å². The SMILES string of the molecule is CC(NCC1CCCCO1)c1cnccn1. The smallest absolute Gasteiger partial charge is 0.0753 e. The first-order valence-electron chi connectivity index (χ1n) is 5.97. The summed E-state index contributed by atoms with van der Waals surface area (Å²) in [4.78, 5) is 8.34. The highest BCUT2D eigenvalue weighted by molar-refractivity contribution is 5.00. The summed E-state index contributed by atoms with van der Waals surface area (Å²) in [6.45, 7) is 3.91. The molecule has 0 radical (unpaired) electrons.